The van der Waals surface area contributed by atoms with Crippen LogP contribution in [0.5, 0.6) is 0 Å². The molecule has 0 unspecified atom stereocenters. The van der Waals surface area contributed by atoms with Gasteiger partial charge in [0.05, 0.1) is 0 Å². The number of imidazole rings is 1. The number of hydrogen-bond acceptors (Lipinski definition) is 6. The van der Waals surface area contributed by atoms with Gasteiger partial charge in [0.15, 0.2) is 17.0 Å². The Morgan fingerprint density at radius 2 is 2.00 bits per heavy atom. The second-order valence-electron chi connectivity index (χ2n) is 8.42. The predicted molar refractivity (Wildman–Crippen MR) is 107 cm³/mol. The van der Waals surface area contributed by atoms with E-state index in [1.807, 2.05) is 16.4 Å². The number of anilines is 1. The monoisotopic (exact) mass is 397 g/mol. The van der Waals surface area contributed by atoms with E-state index < -0.39 is 0 Å². The number of carbonyl (C=O) groups excluding carboxylic acids is 2. The Kier molecular flexibility index (Phi) is 4.60. The van der Waals surface area contributed by atoms with Crippen LogP contribution in [0, 0.1) is 11.8 Å². The van der Waals surface area contributed by atoms with E-state index in [-0.39, 0.29) is 23.8 Å². The SMILES string of the molecule is CCn1c(C(=O)NCC2CC2)nc2c(N[C@H]3CCN(C(=O)C4CC4)C3)ncnc21. The van der Waals surface area contributed by atoms with Gasteiger partial charge in [-0.05, 0) is 44.9 Å². The van der Waals surface area contributed by atoms with Crippen molar-refractivity contribution in [1.82, 2.24) is 29.7 Å². The average Bonchev–Trinajstić information content (AvgIpc) is 3.65. The first-order chi connectivity index (χ1) is 14.1. The largest absolute Gasteiger partial charge is 0.364 e. The normalized spacial score (nSPS) is 21.6. The fourth-order valence-corrected chi connectivity index (χ4v) is 4.01. The predicted octanol–water partition coefficient (Wildman–Crippen LogP) is 1.41. The van der Waals surface area contributed by atoms with E-state index in [4.69, 9.17) is 0 Å². The van der Waals surface area contributed by atoms with Crippen LogP contribution in [0.1, 0.15) is 49.6 Å². The Hall–Kier alpha value is -2.71. The topological polar surface area (TPSA) is 105 Å². The van der Waals surface area contributed by atoms with Gasteiger partial charge in [0.25, 0.3) is 5.91 Å². The van der Waals surface area contributed by atoms with Crippen molar-refractivity contribution in [3.63, 3.8) is 0 Å². The van der Waals surface area contributed by atoms with Crippen molar-refractivity contribution in [3.8, 4) is 0 Å². The Morgan fingerprint density at radius 3 is 2.72 bits per heavy atom. The number of aromatic nitrogens is 4. The Labute approximate surface area is 169 Å². The van der Waals surface area contributed by atoms with Crippen LogP contribution < -0.4 is 10.6 Å². The summed E-state index contributed by atoms with van der Waals surface area (Å²) in [4.78, 5) is 40.3. The molecular formula is C20H27N7O2. The molecule has 1 saturated heterocycles. The van der Waals surface area contributed by atoms with Gasteiger partial charge in [-0.15, -0.1) is 0 Å². The Morgan fingerprint density at radius 1 is 1.17 bits per heavy atom. The van der Waals surface area contributed by atoms with Crippen LogP contribution in [0.4, 0.5) is 5.82 Å². The standard InChI is InChI=1S/C20H27N7O2/c1-2-27-17-15(25-18(27)19(28)21-9-12-3-4-12)16(22-11-23-17)24-14-7-8-26(10-14)20(29)13-5-6-13/h11-14H,2-10H2,1H3,(H,21,28)(H,22,23,24)/t14-/m0/s1. The molecule has 9 nitrogen and oxygen atoms in total. The van der Waals surface area contributed by atoms with Crippen LogP contribution in [0.3, 0.4) is 0 Å². The summed E-state index contributed by atoms with van der Waals surface area (Å²) in [7, 11) is 0. The molecule has 3 aliphatic rings. The molecule has 0 radical (unpaired) electrons. The van der Waals surface area contributed by atoms with Gasteiger partial charge >= 0.3 is 0 Å². The number of fused-ring (bicyclic) bond motifs is 1. The highest BCUT2D eigenvalue weighted by atomic mass is 16.2. The van der Waals surface area contributed by atoms with Crippen molar-refractivity contribution >= 4 is 28.8 Å². The molecule has 1 aliphatic heterocycles. The fourth-order valence-electron chi connectivity index (χ4n) is 4.01. The number of likely N-dealkylation sites (tertiary alicyclic amines) is 1. The lowest BCUT2D eigenvalue weighted by molar-refractivity contribution is -0.131. The molecule has 2 N–H and O–H groups in total. The first-order valence-electron chi connectivity index (χ1n) is 10.7. The summed E-state index contributed by atoms with van der Waals surface area (Å²) in [5, 5.41) is 6.43. The number of aryl methyl sites for hydroxylation is 1. The first-order valence-corrected chi connectivity index (χ1v) is 10.7. The molecule has 2 aromatic heterocycles. The lowest BCUT2D eigenvalue weighted by atomic mass is 10.2. The molecule has 9 heteroatoms. The zero-order valence-electron chi connectivity index (χ0n) is 16.7. The van der Waals surface area contributed by atoms with Crippen molar-refractivity contribution < 1.29 is 9.59 Å². The molecule has 2 saturated carbocycles. The number of carbonyl (C=O) groups is 2. The van der Waals surface area contributed by atoms with Crippen LogP contribution in [0.2, 0.25) is 0 Å². The van der Waals surface area contributed by atoms with Crippen LogP contribution in [0.25, 0.3) is 11.2 Å². The first kappa shape index (κ1) is 18.3. The summed E-state index contributed by atoms with van der Waals surface area (Å²) >= 11 is 0. The molecule has 2 aliphatic carbocycles. The number of amides is 2. The van der Waals surface area contributed by atoms with Crippen molar-refractivity contribution in [2.45, 2.75) is 51.6 Å². The number of nitrogens with zero attached hydrogens (tertiary/aromatic N) is 5. The Bertz CT molecular complexity index is 948. The third-order valence-electron chi connectivity index (χ3n) is 6.07. The van der Waals surface area contributed by atoms with E-state index in [9.17, 15) is 9.59 Å². The summed E-state index contributed by atoms with van der Waals surface area (Å²) in [6.45, 7) is 4.75. The third kappa shape index (κ3) is 3.65. The third-order valence-corrected chi connectivity index (χ3v) is 6.07. The van der Waals surface area contributed by atoms with Crippen LogP contribution in [-0.4, -0.2) is 61.9 Å². The lowest BCUT2D eigenvalue weighted by Crippen LogP contribution is -2.32. The summed E-state index contributed by atoms with van der Waals surface area (Å²) in [6, 6.07) is 0.134. The van der Waals surface area contributed by atoms with E-state index in [0.29, 0.717) is 48.4 Å². The minimum Gasteiger partial charge on any atom is -0.364 e. The molecule has 3 heterocycles. The maximum absolute atomic E-state index is 12.7. The molecule has 29 heavy (non-hydrogen) atoms. The molecule has 5 rings (SSSR count). The van der Waals surface area contributed by atoms with Crippen LogP contribution in [0.15, 0.2) is 6.33 Å². The lowest BCUT2D eigenvalue weighted by Gasteiger charge is -2.17. The minimum atomic E-state index is -0.162. The van der Waals surface area contributed by atoms with Gasteiger partial charge in [0, 0.05) is 38.1 Å². The summed E-state index contributed by atoms with van der Waals surface area (Å²) in [5.74, 6) is 1.99. The van der Waals surface area contributed by atoms with Gasteiger partial charge in [0.1, 0.15) is 6.33 Å². The van der Waals surface area contributed by atoms with Gasteiger partial charge in [-0.3, -0.25) is 9.59 Å². The van der Waals surface area contributed by atoms with Gasteiger partial charge in [-0.25, -0.2) is 15.0 Å². The maximum Gasteiger partial charge on any atom is 0.287 e. The minimum absolute atomic E-state index is 0.134. The molecule has 154 valence electrons. The number of nitrogens with one attached hydrogen (secondary N) is 2. The van der Waals surface area contributed by atoms with Crippen LogP contribution in [-0.2, 0) is 11.3 Å². The second kappa shape index (κ2) is 7.27. The summed E-state index contributed by atoms with van der Waals surface area (Å²) < 4.78 is 1.84. The van der Waals surface area contributed by atoms with Crippen molar-refractivity contribution in [2.75, 3.05) is 25.0 Å². The zero-order chi connectivity index (χ0) is 20.0. The van der Waals surface area contributed by atoms with Gasteiger partial charge in [-0.2, -0.15) is 0 Å². The van der Waals surface area contributed by atoms with E-state index >= 15 is 0 Å². The highest BCUT2D eigenvalue weighted by Gasteiger charge is 2.37. The number of rotatable bonds is 7. The van der Waals surface area contributed by atoms with Crippen molar-refractivity contribution in [2.24, 2.45) is 11.8 Å². The maximum atomic E-state index is 12.7. The van der Waals surface area contributed by atoms with E-state index in [1.165, 1.54) is 19.2 Å². The zero-order valence-corrected chi connectivity index (χ0v) is 16.7. The number of hydrogen-bond donors (Lipinski definition) is 2. The van der Waals surface area contributed by atoms with Crippen LogP contribution >= 0.6 is 0 Å². The van der Waals surface area contributed by atoms with Gasteiger partial charge < -0.3 is 20.1 Å². The molecule has 0 bridgehead atoms. The van der Waals surface area contributed by atoms with E-state index in [0.717, 1.165) is 25.8 Å². The molecule has 3 fully saturated rings. The van der Waals surface area contributed by atoms with E-state index in [2.05, 4.69) is 25.6 Å². The Balaban J connectivity index is 1.35. The molecule has 0 spiro atoms. The van der Waals surface area contributed by atoms with Gasteiger partial charge in [0.2, 0.25) is 11.7 Å². The molecule has 0 aromatic carbocycles. The quantitative estimate of drug-likeness (QED) is 0.732. The van der Waals surface area contributed by atoms with Crippen molar-refractivity contribution in [3.05, 3.63) is 12.2 Å². The van der Waals surface area contributed by atoms with E-state index in [1.54, 1.807) is 0 Å². The molecule has 1 atom stereocenters. The average molecular weight is 397 g/mol. The molecular weight excluding hydrogens is 370 g/mol. The summed E-state index contributed by atoms with van der Waals surface area (Å²) in [6.07, 6.45) is 6.82. The second-order valence-corrected chi connectivity index (χ2v) is 8.42. The smallest absolute Gasteiger partial charge is 0.287 e. The van der Waals surface area contributed by atoms with Crippen molar-refractivity contribution in [1.29, 1.82) is 0 Å². The highest BCUT2D eigenvalue weighted by Crippen LogP contribution is 2.32. The fraction of sp³-hybridized carbons (Fsp3) is 0.650. The summed E-state index contributed by atoms with van der Waals surface area (Å²) in [5.41, 5.74) is 1.27. The van der Waals surface area contributed by atoms with Gasteiger partial charge in [-0.1, -0.05) is 0 Å². The molecule has 2 amide bonds. The molecule has 2 aromatic rings. The highest BCUT2D eigenvalue weighted by molar-refractivity contribution is 5.96.